The first kappa shape index (κ1) is 24.7. The first-order chi connectivity index (χ1) is 15.5. The lowest BCUT2D eigenvalue weighted by Crippen LogP contribution is -2.21. The highest BCUT2D eigenvalue weighted by Gasteiger charge is 2.27. The maximum atomic E-state index is 12.2. The first-order valence-electron chi connectivity index (χ1n) is 10.2. The fourth-order valence-electron chi connectivity index (χ4n) is 3.76. The second-order valence-electron chi connectivity index (χ2n) is 7.36. The molecule has 2 aromatic carbocycles. The van der Waals surface area contributed by atoms with Crippen LogP contribution in [0.5, 0.6) is 5.75 Å². The van der Waals surface area contributed by atoms with Gasteiger partial charge in [0.1, 0.15) is 15.5 Å². The highest BCUT2D eigenvalue weighted by molar-refractivity contribution is 7.86. The first-order valence-corrected chi connectivity index (χ1v) is 13.1. The molecule has 3 rings (SSSR count). The average molecular weight is 492 g/mol. The number of allylic oxidation sites excluding steroid dienone is 5. The Kier molecular flexibility index (Phi) is 7.13. The van der Waals surface area contributed by atoms with Crippen LogP contribution in [0.3, 0.4) is 0 Å². The molecule has 0 aromatic heterocycles. The number of hydrogen-bond donors (Lipinski definition) is 3. The van der Waals surface area contributed by atoms with E-state index in [0.717, 1.165) is 24.8 Å². The Bertz CT molecular complexity index is 1340. The van der Waals surface area contributed by atoms with Crippen LogP contribution in [0.4, 0.5) is 5.69 Å². The third-order valence-electron chi connectivity index (χ3n) is 5.33. The van der Waals surface area contributed by atoms with E-state index in [1.807, 2.05) is 38.1 Å². The van der Waals surface area contributed by atoms with Gasteiger partial charge in [0.25, 0.3) is 20.2 Å². The van der Waals surface area contributed by atoms with E-state index in [2.05, 4.69) is 4.90 Å². The summed E-state index contributed by atoms with van der Waals surface area (Å²) < 4.78 is 66.9. The van der Waals surface area contributed by atoms with Crippen molar-refractivity contribution in [3.8, 4) is 5.75 Å². The zero-order chi connectivity index (χ0) is 24.4. The van der Waals surface area contributed by atoms with Crippen molar-refractivity contribution in [1.29, 1.82) is 0 Å². The van der Waals surface area contributed by atoms with Gasteiger partial charge >= 0.3 is 0 Å². The molecule has 0 radical (unpaired) electrons. The van der Waals surface area contributed by atoms with Crippen molar-refractivity contribution < 1.29 is 31.0 Å². The molecule has 1 aliphatic rings. The molecular formula is C23H25NO7S2. The van der Waals surface area contributed by atoms with Crippen LogP contribution in [0.25, 0.3) is 5.57 Å². The summed E-state index contributed by atoms with van der Waals surface area (Å²) in [6.07, 6.45) is 7.94. The minimum Gasteiger partial charge on any atom is -0.506 e. The molecule has 0 heterocycles. The monoisotopic (exact) mass is 491 g/mol. The summed E-state index contributed by atoms with van der Waals surface area (Å²) in [5.41, 5.74) is 2.39. The highest BCUT2D eigenvalue weighted by atomic mass is 32.2. The van der Waals surface area contributed by atoms with Gasteiger partial charge in [0.15, 0.2) is 0 Å². The van der Waals surface area contributed by atoms with Gasteiger partial charge in [-0.05, 0) is 61.2 Å². The van der Waals surface area contributed by atoms with Crippen molar-refractivity contribution >= 4 is 31.5 Å². The predicted molar refractivity (Wildman–Crippen MR) is 127 cm³/mol. The zero-order valence-corrected chi connectivity index (χ0v) is 19.8. The van der Waals surface area contributed by atoms with Crippen molar-refractivity contribution in [2.24, 2.45) is 0 Å². The zero-order valence-electron chi connectivity index (χ0n) is 18.1. The largest absolute Gasteiger partial charge is 0.506 e. The molecule has 33 heavy (non-hydrogen) atoms. The Morgan fingerprint density at radius 1 is 0.879 bits per heavy atom. The topological polar surface area (TPSA) is 132 Å². The second-order valence-corrected chi connectivity index (χ2v) is 10.1. The maximum Gasteiger partial charge on any atom is 0.298 e. The molecule has 176 valence electrons. The molecule has 0 amide bonds. The van der Waals surface area contributed by atoms with Gasteiger partial charge in [-0.3, -0.25) is 9.11 Å². The second kappa shape index (κ2) is 9.52. The number of hydrogen-bond acceptors (Lipinski definition) is 6. The van der Waals surface area contributed by atoms with Gasteiger partial charge in [-0.25, -0.2) is 0 Å². The SMILES string of the molecule is CCN(CC)c1ccc(C(=C2C=CCC=C2)c2cc(O)c(S(=O)(=O)O)cc2S(=O)(=O)O)cc1. The summed E-state index contributed by atoms with van der Waals surface area (Å²) in [5, 5.41) is 10.3. The Balaban J connectivity index is 2.35. The standard InChI is InChI=1S/C23H25NO7S2/c1-3-24(4-2)18-12-10-17(11-13-18)23(16-8-6-5-7-9-16)19-14-20(25)22(33(29,30)31)15-21(19)32(26,27)28/h6-15,25H,3-5H2,1-2H3,(H,26,27,28)(H,29,30,31). The summed E-state index contributed by atoms with van der Waals surface area (Å²) in [4.78, 5) is 0.360. The summed E-state index contributed by atoms with van der Waals surface area (Å²) in [6, 6.07) is 8.79. The summed E-state index contributed by atoms with van der Waals surface area (Å²) >= 11 is 0. The number of rotatable bonds is 7. The van der Waals surface area contributed by atoms with Crippen LogP contribution < -0.4 is 4.90 Å². The highest BCUT2D eigenvalue weighted by Crippen LogP contribution is 2.38. The number of phenols is 1. The van der Waals surface area contributed by atoms with Crippen molar-refractivity contribution in [1.82, 2.24) is 0 Å². The molecule has 0 saturated heterocycles. The van der Waals surface area contributed by atoms with Crippen LogP contribution in [0, 0.1) is 0 Å². The maximum absolute atomic E-state index is 12.2. The van der Waals surface area contributed by atoms with Gasteiger partial charge in [0, 0.05) is 24.3 Å². The molecule has 0 saturated carbocycles. The molecule has 0 atom stereocenters. The molecular weight excluding hydrogens is 466 g/mol. The lowest BCUT2D eigenvalue weighted by Gasteiger charge is -2.22. The van der Waals surface area contributed by atoms with E-state index in [1.165, 1.54) is 0 Å². The molecule has 3 N–H and O–H groups in total. The third-order valence-corrected chi connectivity index (χ3v) is 7.10. The lowest BCUT2D eigenvalue weighted by atomic mass is 9.90. The van der Waals surface area contributed by atoms with E-state index in [9.17, 15) is 31.0 Å². The van der Waals surface area contributed by atoms with Gasteiger partial charge in [-0.15, -0.1) is 0 Å². The molecule has 0 fully saturated rings. The molecule has 0 bridgehead atoms. The van der Waals surface area contributed by atoms with Gasteiger partial charge < -0.3 is 10.0 Å². The Hall–Kier alpha value is -2.92. The number of aromatic hydroxyl groups is 1. The summed E-state index contributed by atoms with van der Waals surface area (Å²) in [6.45, 7) is 5.65. The van der Waals surface area contributed by atoms with Crippen LogP contribution in [-0.2, 0) is 20.2 Å². The molecule has 2 aromatic rings. The summed E-state index contributed by atoms with van der Waals surface area (Å²) in [5.74, 6) is -0.846. The molecule has 0 aliphatic heterocycles. The van der Waals surface area contributed by atoms with Crippen molar-refractivity contribution in [3.63, 3.8) is 0 Å². The van der Waals surface area contributed by atoms with Gasteiger partial charge in [0.05, 0.1) is 0 Å². The van der Waals surface area contributed by atoms with Crippen LogP contribution in [0.2, 0.25) is 0 Å². The normalized spacial score (nSPS) is 13.9. The summed E-state index contributed by atoms with van der Waals surface area (Å²) in [7, 11) is -9.88. The van der Waals surface area contributed by atoms with Crippen LogP contribution in [0.1, 0.15) is 31.4 Å². The van der Waals surface area contributed by atoms with Crippen LogP contribution >= 0.6 is 0 Å². The fourth-order valence-corrected chi connectivity index (χ4v) is 5.13. The van der Waals surface area contributed by atoms with Crippen molar-refractivity contribution in [2.45, 2.75) is 30.1 Å². The minimum atomic E-state index is -4.94. The molecule has 0 unspecified atom stereocenters. The predicted octanol–water partition coefficient (Wildman–Crippen LogP) is 4.05. The molecule has 0 spiro atoms. The van der Waals surface area contributed by atoms with E-state index >= 15 is 0 Å². The van der Waals surface area contributed by atoms with E-state index < -0.39 is 35.8 Å². The lowest BCUT2D eigenvalue weighted by molar-refractivity contribution is 0.441. The van der Waals surface area contributed by atoms with E-state index in [1.54, 1.807) is 24.3 Å². The number of benzene rings is 2. The van der Waals surface area contributed by atoms with Gasteiger partial charge in [-0.1, -0.05) is 36.4 Å². The van der Waals surface area contributed by atoms with E-state index in [-0.39, 0.29) is 5.56 Å². The van der Waals surface area contributed by atoms with Crippen LogP contribution in [0.15, 0.2) is 76.1 Å². The fraction of sp³-hybridized carbons (Fsp3) is 0.217. The van der Waals surface area contributed by atoms with E-state index in [4.69, 9.17) is 0 Å². The van der Waals surface area contributed by atoms with Crippen molar-refractivity contribution in [3.05, 3.63) is 77.4 Å². The average Bonchev–Trinajstić information content (AvgIpc) is 2.75. The molecule has 8 nitrogen and oxygen atoms in total. The molecule has 1 aliphatic carbocycles. The number of anilines is 1. The Labute approximate surface area is 193 Å². The Morgan fingerprint density at radius 2 is 1.42 bits per heavy atom. The number of phenolic OH excluding ortho intramolecular Hbond substituents is 1. The van der Waals surface area contributed by atoms with Crippen LogP contribution in [-0.4, -0.2) is 44.1 Å². The van der Waals surface area contributed by atoms with Gasteiger partial charge in [0.2, 0.25) is 0 Å². The van der Waals surface area contributed by atoms with E-state index in [0.29, 0.717) is 29.2 Å². The third kappa shape index (κ3) is 5.36. The quantitative estimate of drug-likeness (QED) is 0.494. The number of nitrogens with zero attached hydrogens (tertiary/aromatic N) is 1. The van der Waals surface area contributed by atoms with Gasteiger partial charge in [-0.2, -0.15) is 16.8 Å². The smallest absolute Gasteiger partial charge is 0.298 e. The van der Waals surface area contributed by atoms with Crippen molar-refractivity contribution in [2.75, 3.05) is 18.0 Å². The Morgan fingerprint density at radius 3 is 1.91 bits per heavy atom. The molecule has 10 heteroatoms. The minimum absolute atomic E-state index is 0.107.